The van der Waals surface area contributed by atoms with Crippen LogP contribution in [-0.4, -0.2) is 30.2 Å². The molecule has 17 heavy (non-hydrogen) atoms. The second kappa shape index (κ2) is 6.42. The van der Waals surface area contributed by atoms with Crippen LogP contribution in [0.15, 0.2) is 0 Å². The molecule has 100 valence electrons. The van der Waals surface area contributed by atoms with Crippen molar-refractivity contribution < 1.29 is 9.00 Å². The minimum Gasteiger partial charge on any atom is -0.296 e. The number of rotatable bonds is 0. The number of hydrogen-bond donors (Lipinski definition) is 0. The highest BCUT2D eigenvalue weighted by atomic mass is 35.5. The van der Waals surface area contributed by atoms with Crippen molar-refractivity contribution in [1.29, 1.82) is 0 Å². The first-order valence-electron chi connectivity index (χ1n) is 5.41. The van der Waals surface area contributed by atoms with E-state index in [1.807, 2.05) is 0 Å². The second-order valence-corrected chi connectivity index (χ2v) is 8.62. The molecule has 0 amide bonds. The molecule has 0 aromatic heterocycles. The van der Waals surface area contributed by atoms with Gasteiger partial charge in [-0.2, -0.15) is 0 Å². The van der Waals surface area contributed by atoms with E-state index in [0.717, 1.165) is 11.5 Å². The van der Waals surface area contributed by atoms with Crippen LogP contribution in [0, 0.1) is 0 Å². The molecule has 2 rings (SSSR count). The average Bonchev–Trinajstić information content (AvgIpc) is 2.67. The smallest absolute Gasteiger partial charge is 0.208 e. The van der Waals surface area contributed by atoms with E-state index in [9.17, 15) is 9.00 Å². The molecular formula is C10H14Cl4O2S. The number of hydrogen-bond acceptors (Lipinski definition) is 2. The summed E-state index contributed by atoms with van der Waals surface area (Å²) < 4.78 is 7.40. The number of carbonyl (C=O) groups is 1. The summed E-state index contributed by atoms with van der Waals surface area (Å²) in [6.07, 6.45) is 3.83. The summed E-state index contributed by atoms with van der Waals surface area (Å²) >= 11 is 22.8. The molecule has 0 unspecified atom stereocenters. The number of alkyl halides is 4. The van der Waals surface area contributed by atoms with Gasteiger partial charge in [0, 0.05) is 28.7 Å². The fraction of sp³-hybridized carbons (Fsp3) is 0.900. The van der Waals surface area contributed by atoms with E-state index in [4.69, 9.17) is 46.4 Å². The third kappa shape index (κ3) is 4.24. The summed E-state index contributed by atoms with van der Waals surface area (Å²) in [5.41, 5.74) is 0. The van der Waals surface area contributed by atoms with E-state index in [0.29, 0.717) is 19.3 Å². The summed E-state index contributed by atoms with van der Waals surface area (Å²) in [6, 6.07) is 0. The third-order valence-corrected chi connectivity index (χ3v) is 6.58. The predicted octanol–water partition coefficient (Wildman–Crippen LogP) is 3.62. The maximum atomic E-state index is 11.1. The highest BCUT2D eigenvalue weighted by Gasteiger charge is 2.54. The molecule has 2 aliphatic rings. The molecule has 1 heterocycles. The molecule has 1 aliphatic heterocycles. The maximum absolute atomic E-state index is 11.1. The zero-order valence-corrected chi connectivity index (χ0v) is 13.0. The van der Waals surface area contributed by atoms with Gasteiger partial charge in [0.05, 0.1) is 0 Å². The van der Waals surface area contributed by atoms with E-state index in [-0.39, 0.29) is 5.78 Å². The van der Waals surface area contributed by atoms with Crippen LogP contribution in [-0.2, 0) is 15.6 Å². The molecule has 0 aromatic rings. The van der Waals surface area contributed by atoms with E-state index >= 15 is 0 Å². The lowest BCUT2D eigenvalue weighted by Crippen LogP contribution is -2.46. The molecule has 2 nitrogen and oxygen atoms in total. The number of carbonyl (C=O) groups excluding carboxylic acids is 1. The summed E-state index contributed by atoms with van der Waals surface area (Å²) in [4.78, 5) is 11.1. The van der Waals surface area contributed by atoms with Crippen molar-refractivity contribution in [2.75, 3.05) is 11.5 Å². The zero-order chi connectivity index (χ0) is 13.1. The van der Waals surface area contributed by atoms with Crippen molar-refractivity contribution in [2.24, 2.45) is 0 Å². The standard InChI is InChI=1S/C6H6Cl4O.C4H8OS/c7-5(8)3-1-2-4(11)6(5,9)10;5-6-3-1-2-4-6/h1-3H2;1-4H2. The number of Topliss-reactive ketones (excluding diaryl/α,β-unsaturated/α-hetero) is 1. The van der Waals surface area contributed by atoms with Crippen LogP contribution < -0.4 is 0 Å². The van der Waals surface area contributed by atoms with Crippen molar-refractivity contribution >= 4 is 63.0 Å². The van der Waals surface area contributed by atoms with Gasteiger partial charge in [-0.3, -0.25) is 9.00 Å². The van der Waals surface area contributed by atoms with Crippen LogP contribution in [0.1, 0.15) is 32.1 Å². The Balaban J connectivity index is 0.000000202. The normalized spacial score (nSPS) is 27.4. The third-order valence-electron chi connectivity index (χ3n) is 2.70. The lowest BCUT2D eigenvalue weighted by atomic mass is 9.97. The Morgan fingerprint density at radius 2 is 1.53 bits per heavy atom. The molecule has 0 atom stereocenters. The Hall–Kier alpha value is 0.980. The Morgan fingerprint density at radius 1 is 1.00 bits per heavy atom. The Kier molecular flexibility index (Phi) is 6.06. The fourth-order valence-corrected chi connectivity index (χ4v) is 3.73. The van der Waals surface area contributed by atoms with Gasteiger partial charge in [-0.15, -0.1) is 0 Å². The Bertz CT molecular complexity index is 309. The first-order valence-corrected chi connectivity index (χ1v) is 8.41. The summed E-state index contributed by atoms with van der Waals surface area (Å²) in [7, 11) is -0.423. The molecule has 0 radical (unpaired) electrons. The first-order chi connectivity index (χ1) is 7.77. The van der Waals surface area contributed by atoms with Gasteiger partial charge >= 0.3 is 0 Å². The lowest BCUT2D eigenvalue weighted by Gasteiger charge is -2.35. The van der Waals surface area contributed by atoms with Crippen molar-refractivity contribution in [1.82, 2.24) is 0 Å². The van der Waals surface area contributed by atoms with E-state index in [1.54, 1.807) is 0 Å². The Morgan fingerprint density at radius 3 is 1.82 bits per heavy atom. The summed E-state index contributed by atoms with van der Waals surface area (Å²) in [5, 5.41) is 0. The lowest BCUT2D eigenvalue weighted by molar-refractivity contribution is -0.121. The van der Waals surface area contributed by atoms with E-state index < -0.39 is 19.5 Å². The average molecular weight is 340 g/mol. The van der Waals surface area contributed by atoms with E-state index in [1.165, 1.54) is 12.8 Å². The predicted molar refractivity (Wildman–Crippen MR) is 74.8 cm³/mol. The largest absolute Gasteiger partial charge is 0.296 e. The highest BCUT2D eigenvalue weighted by Crippen LogP contribution is 2.50. The highest BCUT2D eigenvalue weighted by molar-refractivity contribution is 7.85. The number of halogens is 4. The van der Waals surface area contributed by atoms with Crippen molar-refractivity contribution in [3.63, 3.8) is 0 Å². The van der Waals surface area contributed by atoms with Gasteiger partial charge in [0.15, 0.2) is 10.1 Å². The zero-order valence-electron chi connectivity index (χ0n) is 9.19. The minimum absolute atomic E-state index is 0.294. The molecular weight excluding hydrogens is 326 g/mol. The monoisotopic (exact) mass is 338 g/mol. The first kappa shape index (κ1) is 16.0. The van der Waals surface area contributed by atoms with Crippen LogP contribution in [0.5, 0.6) is 0 Å². The molecule has 1 saturated carbocycles. The van der Waals surface area contributed by atoms with Gasteiger partial charge in [0.25, 0.3) is 0 Å². The maximum Gasteiger partial charge on any atom is 0.208 e. The number of ketones is 1. The van der Waals surface area contributed by atoms with Crippen molar-refractivity contribution in [3.8, 4) is 0 Å². The van der Waals surface area contributed by atoms with Gasteiger partial charge in [-0.25, -0.2) is 0 Å². The van der Waals surface area contributed by atoms with Gasteiger partial charge < -0.3 is 0 Å². The quantitative estimate of drug-likeness (QED) is 0.632. The van der Waals surface area contributed by atoms with Gasteiger partial charge in [-0.1, -0.05) is 46.4 Å². The fourth-order valence-electron chi connectivity index (χ4n) is 1.62. The van der Waals surface area contributed by atoms with Gasteiger partial charge in [0.1, 0.15) is 0 Å². The minimum atomic E-state index is -1.63. The van der Waals surface area contributed by atoms with Crippen LogP contribution in [0.2, 0.25) is 0 Å². The molecule has 0 bridgehead atoms. The SMILES string of the molecule is O=C1CCCC(Cl)(Cl)C1(Cl)Cl.O=S1CCCC1. The van der Waals surface area contributed by atoms with Crippen LogP contribution in [0.25, 0.3) is 0 Å². The van der Waals surface area contributed by atoms with Crippen molar-refractivity contribution in [3.05, 3.63) is 0 Å². The van der Waals surface area contributed by atoms with Crippen LogP contribution >= 0.6 is 46.4 Å². The van der Waals surface area contributed by atoms with E-state index in [2.05, 4.69) is 0 Å². The molecule has 1 aliphatic carbocycles. The molecule has 0 spiro atoms. The molecule has 7 heteroatoms. The van der Waals surface area contributed by atoms with Gasteiger partial charge in [0.2, 0.25) is 4.33 Å². The van der Waals surface area contributed by atoms with Crippen molar-refractivity contribution in [2.45, 2.75) is 40.8 Å². The molecule has 0 aromatic carbocycles. The topological polar surface area (TPSA) is 34.1 Å². The summed E-state index contributed by atoms with van der Waals surface area (Å²) in [5.74, 6) is 1.62. The van der Waals surface area contributed by atoms with Gasteiger partial charge in [-0.05, 0) is 25.7 Å². The molecule has 2 fully saturated rings. The molecule has 1 saturated heterocycles. The summed E-state index contributed by atoms with van der Waals surface area (Å²) in [6.45, 7) is 0. The van der Waals surface area contributed by atoms with Crippen LogP contribution in [0.3, 0.4) is 0 Å². The Labute approximate surface area is 124 Å². The van der Waals surface area contributed by atoms with Crippen LogP contribution in [0.4, 0.5) is 0 Å². The molecule has 0 N–H and O–H groups in total. The second-order valence-electron chi connectivity index (χ2n) is 4.11.